The molecule has 21 heavy (non-hydrogen) atoms. The van der Waals surface area contributed by atoms with E-state index in [2.05, 4.69) is 20.3 Å². The van der Waals surface area contributed by atoms with Crippen molar-refractivity contribution in [3.8, 4) is 6.01 Å². The van der Waals surface area contributed by atoms with Crippen LogP contribution in [0.1, 0.15) is 20.8 Å². The van der Waals surface area contributed by atoms with Gasteiger partial charge in [-0.15, -0.1) is 0 Å². The third-order valence-electron chi connectivity index (χ3n) is 2.29. The summed E-state index contributed by atoms with van der Waals surface area (Å²) in [6, 6.07) is 6.44. The first-order valence-electron chi connectivity index (χ1n) is 6.67. The van der Waals surface area contributed by atoms with E-state index in [0.29, 0.717) is 17.6 Å². The largest absolute Gasteiger partial charge is 0.461 e. The number of benzene rings is 1. The Balaban J connectivity index is 2.24. The summed E-state index contributed by atoms with van der Waals surface area (Å²) in [6.45, 7) is 6.47. The smallest absolute Gasteiger partial charge is 0.322 e. The van der Waals surface area contributed by atoms with E-state index >= 15 is 0 Å². The van der Waals surface area contributed by atoms with Gasteiger partial charge in [-0.25, -0.2) is 4.39 Å². The van der Waals surface area contributed by atoms with Crippen LogP contribution in [0, 0.1) is 5.82 Å². The highest BCUT2D eigenvalue weighted by molar-refractivity contribution is 7.99. The molecule has 1 aromatic heterocycles. The highest BCUT2D eigenvalue weighted by Crippen LogP contribution is 2.26. The van der Waals surface area contributed by atoms with Gasteiger partial charge in [0.05, 0.1) is 6.10 Å². The highest BCUT2D eigenvalue weighted by atomic mass is 32.2. The summed E-state index contributed by atoms with van der Waals surface area (Å²) in [4.78, 5) is 13.6. The quantitative estimate of drug-likeness (QED) is 0.883. The summed E-state index contributed by atoms with van der Waals surface area (Å²) in [6.07, 6.45) is -0.0226. The minimum Gasteiger partial charge on any atom is -0.461 e. The Morgan fingerprint density at radius 2 is 1.90 bits per heavy atom. The zero-order chi connectivity index (χ0) is 15.2. The molecule has 0 atom stereocenters. The first kappa shape index (κ1) is 15.5. The number of nitrogens with zero attached hydrogens (tertiary/aromatic N) is 3. The van der Waals surface area contributed by atoms with E-state index < -0.39 is 0 Å². The SMILES string of the molecule is CCNc1nc(OC(C)C)nc(Sc2ccc(F)cc2)n1. The Morgan fingerprint density at radius 1 is 1.19 bits per heavy atom. The van der Waals surface area contributed by atoms with Crippen LogP contribution in [0.3, 0.4) is 0 Å². The molecule has 2 aromatic rings. The van der Waals surface area contributed by atoms with Gasteiger partial charge in [0.15, 0.2) is 0 Å². The van der Waals surface area contributed by atoms with Crippen molar-refractivity contribution in [2.24, 2.45) is 0 Å². The summed E-state index contributed by atoms with van der Waals surface area (Å²) in [7, 11) is 0. The average Bonchev–Trinajstić information content (AvgIpc) is 2.41. The standard InChI is InChI=1S/C14H17FN4OS/c1-4-16-12-17-13(20-9(2)3)19-14(18-12)21-11-7-5-10(15)6-8-11/h5-9H,4H2,1-3H3,(H,16,17,18,19). The normalized spacial score (nSPS) is 10.7. The second kappa shape index (κ2) is 7.21. The van der Waals surface area contributed by atoms with Crippen LogP contribution in [0.5, 0.6) is 6.01 Å². The zero-order valence-corrected chi connectivity index (χ0v) is 12.9. The van der Waals surface area contributed by atoms with Gasteiger partial charge in [-0.3, -0.25) is 0 Å². The van der Waals surface area contributed by atoms with Crippen molar-refractivity contribution >= 4 is 17.7 Å². The van der Waals surface area contributed by atoms with E-state index in [1.54, 1.807) is 12.1 Å². The van der Waals surface area contributed by atoms with Crippen molar-refractivity contribution in [3.05, 3.63) is 30.1 Å². The van der Waals surface area contributed by atoms with E-state index in [-0.39, 0.29) is 17.9 Å². The Kier molecular flexibility index (Phi) is 5.32. The average molecular weight is 308 g/mol. The molecule has 0 amide bonds. The lowest BCUT2D eigenvalue weighted by Gasteiger charge is -2.10. The van der Waals surface area contributed by atoms with Crippen LogP contribution in [0.2, 0.25) is 0 Å². The molecule has 112 valence electrons. The molecule has 1 aromatic carbocycles. The summed E-state index contributed by atoms with van der Waals surface area (Å²) in [5.41, 5.74) is 0. The predicted octanol–water partition coefficient (Wildman–Crippen LogP) is 3.38. The highest BCUT2D eigenvalue weighted by Gasteiger charge is 2.10. The molecule has 0 saturated carbocycles. The molecule has 0 aliphatic carbocycles. The van der Waals surface area contributed by atoms with E-state index in [1.807, 2.05) is 20.8 Å². The number of hydrogen-bond acceptors (Lipinski definition) is 6. The van der Waals surface area contributed by atoms with Gasteiger partial charge in [0.2, 0.25) is 11.1 Å². The molecule has 0 bridgehead atoms. The minimum atomic E-state index is -0.271. The van der Waals surface area contributed by atoms with Crippen molar-refractivity contribution in [1.82, 2.24) is 15.0 Å². The number of halogens is 1. The van der Waals surface area contributed by atoms with Crippen LogP contribution in [-0.2, 0) is 0 Å². The molecule has 5 nitrogen and oxygen atoms in total. The zero-order valence-electron chi connectivity index (χ0n) is 12.1. The molecule has 0 spiro atoms. The number of hydrogen-bond donors (Lipinski definition) is 1. The van der Waals surface area contributed by atoms with Crippen molar-refractivity contribution in [3.63, 3.8) is 0 Å². The maximum absolute atomic E-state index is 12.9. The molecule has 7 heteroatoms. The number of nitrogens with one attached hydrogen (secondary N) is 1. The third kappa shape index (κ3) is 4.86. The molecule has 0 unspecified atom stereocenters. The van der Waals surface area contributed by atoms with E-state index in [9.17, 15) is 4.39 Å². The second-order valence-electron chi connectivity index (χ2n) is 4.48. The molecule has 0 saturated heterocycles. The van der Waals surface area contributed by atoms with Gasteiger partial charge in [0, 0.05) is 11.4 Å². The van der Waals surface area contributed by atoms with Crippen LogP contribution in [-0.4, -0.2) is 27.6 Å². The topological polar surface area (TPSA) is 59.9 Å². The lowest BCUT2D eigenvalue weighted by atomic mass is 10.4. The van der Waals surface area contributed by atoms with Crippen LogP contribution in [0.4, 0.5) is 10.3 Å². The molecule has 0 aliphatic rings. The first-order valence-corrected chi connectivity index (χ1v) is 7.48. The summed E-state index contributed by atoms with van der Waals surface area (Å²) in [5, 5.41) is 3.54. The fraction of sp³-hybridized carbons (Fsp3) is 0.357. The van der Waals surface area contributed by atoms with Crippen LogP contribution in [0.15, 0.2) is 34.3 Å². The van der Waals surface area contributed by atoms with Crippen molar-refractivity contribution < 1.29 is 9.13 Å². The van der Waals surface area contributed by atoms with Gasteiger partial charge in [-0.05, 0) is 56.8 Å². The van der Waals surface area contributed by atoms with Crippen LogP contribution in [0.25, 0.3) is 0 Å². The van der Waals surface area contributed by atoms with Crippen LogP contribution < -0.4 is 10.1 Å². The van der Waals surface area contributed by atoms with Gasteiger partial charge in [-0.1, -0.05) is 0 Å². The number of rotatable bonds is 6. The van der Waals surface area contributed by atoms with Gasteiger partial charge in [0.1, 0.15) is 5.82 Å². The fourth-order valence-corrected chi connectivity index (χ4v) is 2.23. The molecule has 0 aliphatic heterocycles. The Morgan fingerprint density at radius 3 is 2.52 bits per heavy atom. The Bertz CT molecular complexity index is 592. The molecule has 0 fully saturated rings. The maximum Gasteiger partial charge on any atom is 0.322 e. The van der Waals surface area contributed by atoms with E-state index in [4.69, 9.17) is 4.74 Å². The monoisotopic (exact) mass is 308 g/mol. The third-order valence-corrected chi connectivity index (χ3v) is 3.17. The molecular weight excluding hydrogens is 291 g/mol. The van der Waals surface area contributed by atoms with Gasteiger partial charge in [0.25, 0.3) is 0 Å². The maximum atomic E-state index is 12.9. The van der Waals surface area contributed by atoms with Gasteiger partial charge in [-0.2, -0.15) is 15.0 Å². The Hall–Kier alpha value is -1.89. The van der Waals surface area contributed by atoms with Crippen molar-refractivity contribution in [1.29, 1.82) is 0 Å². The molecule has 1 N–H and O–H groups in total. The van der Waals surface area contributed by atoms with Crippen molar-refractivity contribution in [2.45, 2.75) is 36.9 Å². The Labute approximate surface area is 127 Å². The van der Waals surface area contributed by atoms with Gasteiger partial charge >= 0.3 is 6.01 Å². The van der Waals surface area contributed by atoms with Gasteiger partial charge < -0.3 is 10.1 Å². The van der Waals surface area contributed by atoms with Crippen LogP contribution >= 0.6 is 11.8 Å². The lowest BCUT2D eigenvalue weighted by molar-refractivity contribution is 0.219. The van der Waals surface area contributed by atoms with Crippen molar-refractivity contribution in [2.75, 3.05) is 11.9 Å². The minimum absolute atomic E-state index is 0.0226. The molecule has 0 radical (unpaired) electrons. The lowest BCUT2D eigenvalue weighted by Crippen LogP contribution is -2.11. The molecule has 1 heterocycles. The first-order chi connectivity index (χ1) is 10.1. The fourth-order valence-electron chi connectivity index (χ4n) is 1.49. The molecule has 2 rings (SSSR count). The number of anilines is 1. The second-order valence-corrected chi connectivity index (χ2v) is 5.52. The van der Waals surface area contributed by atoms with E-state index in [0.717, 1.165) is 4.90 Å². The summed E-state index contributed by atoms with van der Waals surface area (Å²) >= 11 is 1.33. The summed E-state index contributed by atoms with van der Waals surface area (Å²) < 4.78 is 18.4. The number of ether oxygens (including phenoxy) is 1. The molecular formula is C14H17FN4OS. The predicted molar refractivity (Wildman–Crippen MR) is 80.3 cm³/mol. The van der Waals surface area contributed by atoms with E-state index in [1.165, 1.54) is 23.9 Å². The number of aromatic nitrogens is 3. The summed E-state index contributed by atoms with van der Waals surface area (Å²) in [5.74, 6) is 0.194.